The van der Waals surface area contributed by atoms with Gasteiger partial charge in [-0.15, -0.1) is 0 Å². The summed E-state index contributed by atoms with van der Waals surface area (Å²) in [5.41, 5.74) is -0.475. The third-order valence-electron chi connectivity index (χ3n) is 1.34. The number of amides is 1. The first-order valence-electron chi connectivity index (χ1n) is 4.98. The molecule has 0 rings (SSSR count). The van der Waals surface area contributed by atoms with E-state index in [-0.39, 0.29) is 5.78 Å². The molecule has 0 bridgehead atoms. The van der Waals surface area contributed by atoms with Crippen molar-refractivity contribution in [2.75, 3.05) is 19.6 Å². The summed E-state index contributed by atoms with van der Waals surface area (Å²) in [5.74, 6) is 0.0762. The number of alkyl carbamates (subject to hydrolysis) is 1. The van der Waals surface area contributed by atoms with Gasteiger partial charge in [0.2, 0.25) is 0 Å². The smallest absolute Gasteiger partial charge is 0.407 e. The number of ketones is 1. The highest BCUT2D eigenvalue weighted by Gasteiger charge is 2.15. The molecule has 0 aromatic heterocycles. The largest absolute Gasteiger partial charge is 0.444 e. The summed E-state index contributed by atoms with van der Waals surface area (Å²) in [6.07, 6.45) is -0.438. The second-order valence-electron chi connectivity index (χ2n) is 4.31. The lowest BCUT2D eigenvalue weighted by atomic mass is 10.2. The van der Waals surface area contributed by atoms with Crippen molar-refractivity contribution >= 4 is 11.9 Å². The Morgan fingerprint density at radius 3 is 2.27 bits per heavy atom. The SMILES string of the molecule is CC(=O)CNCCNC(=O)OC(C)(C)C. The number of rotatable bonds is 5. The normalized spacial score (nSPS) is 10.9. The fourth-order valence-electron chi connectivity index (χ4n) is 0.832. The predicted octanol–water partition coefficient (Wildman–Crippen LogP) is 0.690. The molecule has 0 atom stereocenters. The van der Waals surface area contributed by atoms with E-state index in [2.05, 4.69) is 10.6 Å². The van der Waals surface area contributed by atoms with Crippen molar-refractivity contribution in [2.45, 2.75) is 33.3 Å². The van der Waals surface area contributed by atoms with Gasteiger partial charge in [-0.25, -0.2) is 4.79 Å². The van der Waals surface area contributed by atoms with Gasteiger partial charge in [0.25, 0.3) is 0 Å². The number of carbonyl (C=O) groups excluding carboxylic acids is 2. The molecule has 5 nitrogen and oxygen atoms in total. The van der Waals surface area contributed by atoms with Crippen LogP contribution in [0.15, 0.2) is 0 Å². The Labute approximate surface area is 90.6 Å². The maximum atomic E-state index is 11.1. The van der Waals surface area contributed by atoms with Crippen molar-refractivity contribution in [1.29, 1.82) is 0 Å². The third kappa shape index (κ3) is 10.8. The number of hydrogen-bond acceptors (Lipinski definition) is 4. The first kappa shape index (κ1) is 13.9. The zero-order chi connectivity index (χ0) is 11.9. The monoisotopic (exact) mass is 216 g/mol. The fourth-order valence-corrected chi connectivity index (χ4v) is 0.832. The zero-order valence-corrected chi connectivity index (χ0v) is 9.85. The molecule has 0 aromatic rings. The predicted molar refractivity (Wildman–Crippen MR) is 57.8 cm³/mol. The molecule has 0 unspecified atom stereocenters. The molecule has 0 radical (unpaired) electrons. The second-order valence-corrected chi connectivity index (χ2v) is 4.31. The molecular weight excluding hydrogens is 196 g/mol. The molecule has 88 valence electrons. The molecule has 0 saturated carbocycles. The van der Waals surface area contributed by atoms with Crippen LogP contribution in [0.3, 0.4) is 0 Å². The highest BCUT2D eigenvalue weighted by Crippen LogP contribution is 2.05. The Balaban J connectivity index is 3.44. The van der Waals surface area contributed by atoms with Gasteiger partial charge < -0.3 is 15.4 Å². The Morgan fingerprint density at radius 1 is 1.20 bits per heavy atom. The molecule has 15 heavy (non-hydrogen) atoms. The van der Waals surface area contributed by atoms with Gasteiger partial charge in [0.05, 0.1) is 6.54 Å². The Hall–Kier alpha value is -1.10. The molecule has 1 amide bonds. The van der Waals surface area contributed by atoms with Crippen LogP contribution in [0, 0.1) is 0 Å². The van der Waals surface area contributed by atoms with Crippen LogP contribution in [0.1, 0.15) is 27.7 Å². The summed E-state index contributed by atoms with van der Waals surface area (Å²) in [5, 5.41) is 5.46. The van der Waals surface area contributed by atoms with E-state index in [0.29, 0.717) is 19.6 Å². The van der Waals surface area contributed by atoms with Gasteiger partial charge in [-0.3, -0.25) is 4.79 Å². The van der Waals surface area contributed by atoms with Crippen LogP contribution in [0.2, 0.25) is 0 Å². The van der Waals surface area contributed by atoms with E-state index in [1.54, 1.807) is 20.8 Å². The molecular formula is C10H20N2O3. The highest BCUT2D eigenvalue weighted by molar-refractivity contribution is 5.77. The molecule has 0 fully saturated rings. The lowest BCUT2D eigenvalue weighted by Gasteiger charge is -2.19. The van der Waals surface area contributed by atoms with Crippen molar-refractivity contribution in [3.8, 4) is 0 Å². The van der Waals surface area contributed by atoms with E-state index >= 15 is 0 Å². The summed E-state index contributed by atoms with van der Waals surface area (Å²) >= 11 is 0. The maximum absolute atomic E-state index is 11.1. The molecule has 0 aromatic carbocycles. The third-order valence-corrected chi connectivity index (χ3v) is 1.34. The van der Waals surface area contributed by atoms with Gasteiger partial charge in [0.15, 0.2) is 0 Å². The molecule has 0 aliphatic rings. The fraction of sp³-hybridized carbons (Fsp3) is 0.800. The number of nitrogens with one attached hydrogen (secondary N) is 2. The average molecular weight is 216 g/mol. The Kier molecular flexibility index (Phi) is 5.93. The molecule has 2 N–H and O–H groups in total. The quantitative estimate of drug-likeness (QED) is 0.663. The van der Waals surface area contributed by atoms with Gasteiger partial charge in [-0.1, -0.05) is 0 Å². The Morgan fingerprint density at radius 2 is 1.80 bits per heavy atom. The summed E-state index contributed by atoms with van der Waals surface area (Å²) in [6, 6.07) is 0. The van der Waals surface area contributed by atoms with E-state index in [4.69, 9.17) is 4.74 Å². The van der Waals surface area contributed by atoms with Gasteiger partial charge in [0, 0.05) is 13.1 Å². The van der Waals surface area contributed by atoms with Crippen molar-refractivity contribution in [2.24, 2.45) is 0 Å². The van der Waals surface area contributed by atoms with Crippen molar-refractivity contribution in [3.63, 3.8) is 0 Å². The Bertz CT molecular complexity index is 221. The number of carbonyl (C=O) groups is 2. The minimum atomic E-state index is -0.475. The molecule has 0 aliphatic heterocycles. The lowest BCUT2D eigenvalue weighted by Crippen LogP contribution is -2.37. The van der Waals surface area contributed by atoms with Crippen LogP contribution < -0.4 is 10.6 Å². The minimum Gasteiger partial charge on any atom is -0.444 e. The first-order valence-corrected chi connectivity index (χ1v) is 4.98. The molecule has 0 heterocycles. The first-order chi connectivity index (χ1) is 6.81. The van der Waals surface area contributed by atoms with Gasteiger partial charge in [-0.05, 0) is 27.7 Å². The van der Waals surface area contributed by atoms with E-state index in [1.807, 2.05) is 0 Å². The van der Waals surface area contributed by atoms with Crippen LogP contribution in [0.25, 0.3) is 0 Å². The lowest BCUT2D eigenvalue weighted by molar-refractivity contribution is -0.116. The second kappa shape index (κ2) is 6.40. The van der Waals surface area contributed by atoms with Crippen molar-refractivity contribution in [3.05, 3.63) is 0 Å². The van der Waals surface area contributed by atoms with E-state index < -0.39 is 11.7 Å². The maximum Gasteiger partial charge on any atom is 0.407 e. The standard InChI is InChI=1S/C10H20N2O3/c1-8(13)7-11-5-6-12-9(14)15-10(2,3)4/h11H,5-7H2,1-4H3,(H,12,14). The van der Waals surface area contributed by atoms with Gasteiger partial charge in [0.1, 0.15) is 11.4 Å². The number of hydrogen-bond donors (Lipinski definition) is 2. The van der Waals surface area contributed by atoms with Crippen molar-refractivity contribution < 1.29 is 14.3 Å². The van der Waals surface area contributed by atoms with Gasteiger partial charge in [-0.2, -0.15) is 0 Å². The van der Waals surface area contributed by atoms with Crippen LogP contribution in [-0.4, -0.2) is 37.1 Å². The average Bonchev–Trinajstić information content (AvgIpc) is 1.99. The zero-order valence-electron chi connectivity index (χ0n) is 9.85. The topological polar surface area (TPSA) is 67.4 Å². The van der Waals surface area contributed by atoms with Crippen LogP contribution in [0.5, 0.6) is 0 Å². The van der Waals surface area contributed by atoms with Crippen LogP contribution in [0.4, 0.5) is 4.79 Å². The van der Waals surface area contributed by atoms with Crippen LogP contribution in [-0.2, 0) is 9.53 Å². The summed E-state index contributed by atoms with van der Waals surface area (Å²) in [7, 11) is 0. The summed E-state index contributed by atoms with van der Waals surface area (Å²) < 4.78 is 5.02. The molecule has 0 aliphatic carbocycles. The van der Waals surface area contributed by atoms with Crippen molar-refractivity contribution in [1.82, 2.24) is 10.6 Å². The van der Waals surface area contributed by atoms with Gasteiger partial charge >= 0.3 is 6.09 Å². The van der Waals surface area contributed by atoms with E-state index in [1.165, 1.54) is 6.92 Å². The summed E-state index contributed by atoms with van der Waals surface area (Å²) in [4.78, 5) is 21.7. The summed E-state index contributed by atoms with van der Waals surface area (Å²) in [6.45, 7) is 8.26. The van der Waals surface area contributed by atoms with Crippen LogP contribution >= 0.6 is 0 Å². The van der Waals surface area contributed by atoms with E-state index in [0.717, 1.165) is 0 Å². The number of Topliss-reactive ketones (excluding diaryl/α,β-unsaturated/α-hetero) is 1. The number of ether oxygens (including phenoxy) is 1. The minimum absolute atomic E-state index is 0.0762. The highest BCUT2D eigenvalue weighted by atomic mass is 16.6. The van der Waals surface area contributed by atoms with E-state index in [9.17, 15) is 9.59 Å². The molecule has 0 saturated heterocycles. The molecule has 0 spiro atoms. The molecule has 5 heteroatoms.